The van der Waals surface area contributed by atoms with Crippen LogP contribution in [0, 0.1) is 0 Å². The molecule has 20 heavy (non-hydrogen) atoms. The van der Waals surface area contributed by atoms with E-state index in [9.17, 15) is 4.79 Å². The largest absolute Gasteiger partial charge is 0.465 e. The number of carbonyl (C=O) groups is 1. The quantitative estimate of drug-likeness (QED) is 0.673. The molecular weight excluding hydrogens is 340 g/mol. The van der Waals surface area contributed by atoms with Crippen LogP contribution in [0.2, 0.25) is 0 Å². The normalized spacial score (nSPS) is 10.3. The molecule has 104 valence electrons. The van der Waals surface area contributed by atoms with Crippen LogP contribution >= 0.6 is 27.7 Å². The Morgan fingerprint density at radius 2 is 2.25 bits per heavy atom. The van der Waals surface area contributed by atoms with Gasteiger partial charge >= 0.3 is 5.97 Å². The topological polar surface area (TPSA) is 65.2 Å². The van der Waals surface area contributed by atoms with Crippen LogP contribution in [0.3, 0.4) is 0 Å². The van der Waals surface area contributed by atoms with Crippen molar-refractivity contribution in [3.05, 3.63) is 52.3 Å². The fourth-order valence-electron chi connectivity index (χ4n) is 1.59. The van der Waals surface area contributed by atoms with Crippen LogP contribution in [-0.2, 0) is 10.5 Å². The molecule has 0 saturated heterocycles. The number of hydrogen-bond donors (Lipinski definition) is 1. The van der Waals surface area contributed by atoms with Gasteiger partial charge in [0.25, 0.3) is 0 Å². The van der Waals surface area contributed by atoms with Crippen LogP contribution in [0.5, 0.6) is 0 Å². The number of nitrogen functional groups attached to an aromatic ring is 1. The van der Waals surface area contributed by atoms with Crippen molar-refractivity contribution in [1.29, 1.82) is 0 Å². The van der Waals surface area contributed by atoms with Crippen molar-refractivity contribution in [3.63, 3.8) is 0 Å². The summed E-state index contributed by atoms with van der Waals surface area (Å²) in [7, 11) is 1.37. The van der Waals surface area contributed by atoms with E-state index in [1.807, 2.05) is 12.1 Å². The van der Waals surface area contributed by atoms with Crippen molar-refractivity contribution in [2.75, 3.05) is 12.8 Å². The number of rotatable bonds is 4. The molecule has 0 amide bonds. The molecule has 4 nitrogen and oxygen atoms in total. The van der Waals surface area contributed by atoms with Crippen molar-refractivity contribution >= 4 is 39.3 Å². The minimum atomic E-state index is -0.344. The van der Waals surface area contributed by atoms with Crippen molar-refractivity contribution in [3.8, 4) is 0 Å². The first kappa shape index (κ1) is 14.9. The number of carbonyl (C=O) groups excluding carboxylic acids is 1. The van der Waals surface area contributed by atoms with Crippen molar-refractivity contribution < 1.29 is 9.53 Å². The molecule has 1 aromatic carbocycles. The highest BCUT2D eigenvalue weighted by Crippen LogP contribution is 2.30. The summed E-state index contributed by atoms with van der Waals surface area (Å²) in [6, 6.07) is 7.30. The lowest BCUT2D eigenvalue weighted by atomic mass is 10.1. The Kier molecular flexibility index (Phi) is 5.03. The van der Waals surface area contributed by atoms with E-state index in [0.717, 1.165) is 20.7 Å². The molecule has 0 spiro atoms. The van der Waals surface area contributed by atoms with E-state index in [0.29, 0.717) is 11.3 Å². The molecule has 0 aliphatic rings. The first-order chi connectivity index (χ1) is 9.61. The lowest BCUT2D eigenvalue weighted by Crippen LogP contribution is -2.01. The van der Waals surface area contributed by atoms with E-state index in [1.165, 1.54) is 7.11 Å². The molecule has 0 radical (unpaired) electrons. The summed E-state index contributed by atoms with van der Waals surface area (Å²) in [4.78, 5) is 16.4. The zero-order valence-corrected chi connectivity index (χ0v) is 13.2. The number of hydrogen-bond acceptors (Lipinski definition) is 5. The molecule has 0 aliphatic carbocycles. The molecule has 6 heteroatoms. The molecule has 1 heterocycles. The molecule has 1 aromatic heterocycles. The number of nitrogens with zero attached hydrogens (tertiary/aromatic N) is 1. The predicted octanol–water partition coefficient (Wildman–Crippen LogP) is 3.51. The van der Waals surface area contributed by atoms with Crippen molar-refractivity contribution in [2.45, 2.75) is 10.6 Å². The molecule has 0 saturated carbocycles. The number of methoxy groups -OCH3 is 1. The third-order valence-electron chi connectivity index (χ3n) is 2.67. The molecule has 2 aromatic rings. The molecule has 2 N–H and O–H groups in total. The summed E-state index contributed by atoms with van der Waals surface area (Å²) in [5.41, 5.74) is 8.12. The Hall–Kier alpha value is -1.53. The second kappa shape index (κ2) is 6.76. The van der Waals surface area contributed by atoms with Crippen LogP contribution in [0.4, 0.5) is 5.69 Å². The minimum Gasteiger partial charge on any atom is -0.465 e. The number of anilines is 1. The summed E-state index contributed by atoms with van der Waals surface area (Å²) < 4.78 is 5.56. The van der Waals surface area contributed by atoms with E-state index < -0.39 is 0 Å². The van der Waals surface area contributed by atoms with Crippen LogP contribution in [-0.4, -0.2) is 18.1 Å². The van der Waals surface area contributed by atoms with Gasteiger partial charge in [0, 0.05) is 21.3 Å². The summed E-state index contributed by atoms with van der Waals surface area (Å²) in [6.45, 7) is 0. The maximum atomic E-state index is 11.4. The predicted molar refractivity (Wildman–Crippen MR) is 83.7 cm³/mol. The first-order valence-corrected chi connectivity index (χ1v) is 7.58. The van der Waals surface area contributed by atoms with Crippen LogP contribution in [0.15, 0.2) is 46.0 Å². The van der Waals surface area contributed by atoms with Gasteiger partial charge in [-0.1, -0.05) is 22.0 Å². The number of esters is 1. The highest BCUT2D eigenvalue weighted by atomic mass is 79.9. The number of benzene rings is 1. The number of nitrogens with two attached hydrogens (primary N) is 1. The summed E-state index contributed by atoms with van der Waals surface area (Å²) >= 11 is 5.10. The number of pyridine rings is 1. The SMILES string of the molecule is COC(=O)c1ccc(CSc2ccncc2N)c(Br)c1. The second-order valence-corrected chi connectivity index (χ2v) is 5.87. The summed E-state index contributed by atoms with van der Waals surface area (Å²) in [6.07, 6.45) is 3.35. The molecule has 0 bridgehead atoms. The highest BCUT2D eigenvalue weighted by Gasteiger charge is 2.09. The van der Waals surface area contributed by atoms with Gasteiger partial charge in [-0.3, -0.25) is 4.98 Å². The van der Waals surface area contributed by atoms with Crippen LogP contribution in [0.1, 0.15) is 15.9 Å². The van der Waals surface area contributed by atoms with E-state index in [4.69, 9.17) is 5.73 Å². The third kappa shape index (κ3) is 3.52. The summed E-state index contributed by atoms with van der Waals surface area (Å²) in [5, 5.41) is 0. The molecule has 2 rings (SSSR count). The Balaban J connectivity index is 2.11. The third-order valence-corrected chi connectivity index (χ3v) is 4.54. The molecule has 0 atom stereocenters. The summed E-state index contributed by atoms with van der Waals surface area (Å²) in [5.74, 6) is 0.402. The maximum absolute atomic E-state index is 11.4. The molecule has 0 unspecified atom stereocenters. The lowest BCUT2D eigenvalue weighted by Gasteiger charge is -2.08. The van der Waals surface area contributed by atoms with Gasteiger partial charge in [0.05, 0.1) is 24.6 Å². The number of halogens is 1. The fraction of sp³-hybridized carbons (Fsp3) is 0.143. The number of aromatic nitrogens is 1. The molecule has 0 fully saturated rings. The molecular formula is C14H13BrN2O2S. The van der Waals surface area contributed by atoms with Crippen LogP contribution < -0.4 is 5.73 Å². The number of ether oxygens (including phenoxy) is 1. The smallest absolute Gasteiger partial charge is 0.337 e. The number of thioether (sulfide) groups is 1. The fourth-order valence-corrected chi connectivity index (χ4v) is 3.23. The Morgan fingerprint density at radius 1 is 1.45 bits per heavy atom. The zero-order valence-electron chi connectivity index (χ0n) is 10.8. The Labute approximate surface area is 129 Å². The van der Waals surface area contributed by atoms with Gasteiger partial charge in [0.15, 0.2) is 0 Å². The zero-order chi connectivity index (χ0) is 14.5. The highest BCUT2D eigenvalue weighted by molar-refractivity contribution is 9.10. The van der Waals surface area contributed by atoms with Gasteiger partial charge in [-0.05, 0) is 23.8 Å². The van der Waals surface area contributed by atoms with Crippen molar-refractivity contribution in [2.24, 2.45) is 0 Å². The Bertz CT molecular complexity index is 634. The van der Waals surface area contributed by atoms with Gasteiger partial charge in [-0.2, -0.15) is 0 Å². The van der Waals surface area contributed by atoms with Gasteiger partial charge in [0.2, 0.25) is 0 Å². The average Bonchev–Trinajstić information content (AvgIpc) is 2.46. The van der Waals surface area contributed by atoms with Gasteiger partial charge in [-0.25, -0.2) is 4.79 Å². The van der Waals surface area contributed by atoms with Gasteiger partial charge < -0.3 is 10.5 Å². The lowest BCUT2D eigenvalue weighted by molar-refractivity contribution is 0.0600. The van der Waals surface area contributed by atoms with Crippen molar-refractivity contribution in [1.82, 2.24) is 4.98 Å². The van der Waals surface area contributed by atoms with E-state index in [1.54, 1.807) is 36.3 Å². The van der Waals surface area contributed by atoms with E-state index in [2.05, 4.69) is 25.7 Å². The van der Waals surface area contributed by atoms with Gasteiger partial charge in [0.1, 0.15) is 0 Å². The maximum Gasteiger partial charge on any atom is 0.337 e. The monoisotopic (exact) mass is 352 g/mol. The average molecular weight is 353 g/mol. The Morgan fingerprint density at radius 3 is 2.90 bits per heavy atom. The van der Waals surface area contributed by atoms with Gasteiger partial charge in [-0.15, -0.1) is 11.8 Å². The van der Waals surface area contributed by atoms with E-state index >= 15 is 0 Å². The van der Waals surface area contributed by atoms with Crippen LogP contribution in [0.25, 0.3) is 0 Å². The standard InChI is InChI=1S/C14H13BrN2O2S/c1-19-14(18)9-2-3-10(11(15)6-9)8-20-13-4-5-17-7-12(13)16/h2-7H,8,16H2,1H3. The second-order valence-electron chi connectivity index (χ2n) is 4.00. The van der Waals surface area contributed by atoms with E-state index in [-0.39, 0.29) is 5.97 Å². The first-order valence-electron chi connectivity index (χ1n) is 5.81. The molecule has 0 aliphatic heterocycles. The minimum absolute atomic E-state index is 0.344.